The van der Waals surface area contributed by atoms with Gasteiger partial charge in [-0.05, 0) is 30.2 Å². The molecule has 0 unspecified atom stereocenters. The molecule has 0 bridgehead atoms. The standard InChI is InChI=1S/C20H25ClN4O/c1-15-17(21)10-7-11-18(15)24-19(26)12-13-22-20(25(2)3)23-14-16-8-5-4-6-9-16/h4-11H,12-14H2,1-3H3,(H,22,23)(H,24,26). The van der Waals surface area contributed by atoms with Gasteiger partial charge in [0, 0.05) is 37.8 Å². The minimum atomic E-state index is -0.0657. The van der Waals surface area contributed by atoms with Gasteiger partial charge in [0.15, 0.2) is 5.96 Å². The van der Waals surface area contributed by atoms with Crippen molar-refractivity contribution in [2.24, 2.45) is 4.99 Å². The maximum atomic E-state index is 12.2. The molecule has 0 aliphatic carbocycles. The van der Waals surface area contributed by atoms with Crippen LogP contribution in [-0.2, 0) is 11.3 Å². The number of carbonyl (C=O) groups is 1. The summed E-state index contributed by atoms with van der Waals surface area (Å²) in [5.41, 5.74) is 2.75. The summed E-state index contributed by atoms with van der Waals surface area (Å²) in [4.78, 5) is 18.6. The molecule has 26 heavy (non-hydrogen) atoms. The lowest BCUT2D eigenvalue weighted by Gasteiger charge is -2.17. The molecule has 0 aromatic heterocycles. The van der Waals surface area contributed by atoms with E-state index in [1.807, 2.05) is 68.4 Å². The molecule has 1 amide bonds. The number of benzene rings is 2. The minimum absolute atomic E-state index is 0.0657. The molecule has 0 heterocycles. The number of aliphatic imine (C=N–C) groups is 1. The molecule has 0 saturated carbocycles. The molecule has 2 N–H and O–H groups in total. The van der Waals surface area contributed by atoms with Gasteiger partial charge in [-0.2, -0.15) is 0 Å². The zero-order valence-electron chi connectivity index (χ0n) is 15.4. The summed E-state index contributed by atoms with van der Waals surface area (Å²) in [6, 6.07) is 15.5. The smallest absolute Gasteiger partial charge is 0.226 e. The highest BCUT2D eigenvalue weighted by atomic mass is 35.5. The maximum Gasteiger partial charge on any atom is 0.226 e. The Balaban J connectivity index is 1.85. The van der Waals surface area contributed by atoms with Crippen molar-refractivity contribution in [2.45, 2.75) is 19.9 Å². The van der Waals surface area contributed by atoms with E-state index in [4.69, 9.17) is 11.6 Å². The molecule has 138 valence electrons. The Kier molecular flexibility index (Phi) is 7.48. The van der Waals surface area contributed by atoms with Crippen molar-refractivity contribution in [1.29, 1.82) is 0 Å². The van der Waals surface area contributed by atoms with E-state index < -0.39 is 0 Å². The van der Waals surface area contributed by atoms with Gasteiger partial charge in [0.05, 0.1) is 6.54 Å². The molecule has 0 atom stereocenters. The van der Waals surface area contributed by atoms with Crippen LogP contribution in [0.3, 0.4) is 0 Å². The summed E-state index contributed by atoms with van der Waals surface area (Å²) >= 11 is 6.08. The van der Waals surface area contributed by atoms with Crippen LogP contribution in [0.15, 0.2) is 53.5 Å². The second-order valence-corrected chi connectivity index (χ2v) is 6.56. The fraction of sp³-hybridized carbons (Fsp3) is 0.300. The Morgan fingerprint density at radius 2 is 1.85 bits per heavy atom. The summed E-state index contributed by atoms with van der Waals surface area (Å²) < 4.78 is 0. The molecule has 2 aromatic carbocycles. The molecular formula is C20H25ClN4O. The van der Waals surface area contributed by atoms with Gasteiger partial charge in [0.25, 0.3) is 0 Å². The van der Waals surface area contributed by atoms with Gasteiger partial charge in [0.1, 0.15) is 0 Å². The van der Waals surface area contributed by atoms with E-state index in [9.17, 15) is 4.79 Å². The number of hydrogen-bond donors (Lipinski definition) is 2. The molecule has 5 nitrogen and oxygen atoms in total. The van der Waals surface area contributed by atoms with Crippen LogP contribution in [0.4, 0.5) is 5.69 Å². The Morgan fingerprint density at radius 1 is 1.12 bits per heavy atom. The zero-order valence-corrected chi connectivity index (χ0v) is 16.2. The highest BCUT2D eigenvalue weighted by molar-refractivity contribution is 6.31. The first-order valence-corrected chi connectivity index (χ1v) is 8.89. The predicted octanol–water partition coefficient (Wildman–Crippen LogP) is 3.68. The number of carbonyl (C=O) groups excluding carboxylic acids is 1. The van der Waals surface area contributed by atoms with Crippen molar-refractivity contribution in [3.63, 3.8) is 0 Å². The van der Waals surface area contributed by atoms with Gasteiger partial charge in [-0.3, -0.25) is 4.79 Å². The lowest BCUT2D eigenvalue weighted by Crippen LogP contribution is -2.38. The average molecular weight is 373 g/mol. The summed E-state index contributed by atoms with van der Waals surface area (Å²) in [5.74, 6) is 0.685. The van der Waals surface area contributed by atoms with E-state index in [1.165, 1.54) is 0 Å². The van der Waals surface area contributed by atoms with Gasteiger partial charge in [-0.15, -0.1) is 0 Å². The molecule has 0 aliphatic rings. The van der Waals surface area contributed by atoms with E-state index >= 15 is 0 Å². The lowest BCUT2D eigenvalue weighted by molar-refractivity contribution is -0.116. The average Bonchev–Trinajstić information content (AvgIpc) is 2.62. The molecule has 2 aromatic rings. The Labute approximate surface area is 160 Å². The van der Waals surface area contributed by atoms with Gasteiger partial charge in [0.2, 0.25) is 5.91 Å². The van der Waals surface area contributed by atoms with Crippen LogP contribution in [0.5, 0.6) is 0 Å². The molecule has 2 rings (SSSR count). The van der Waals surface area contributed by atoms with Crippen LogP contribution in [-0.4, -0.2) is 37.4 Å². The summed E-state index contributed by atoms with van der Waals surface area (Å²) in [6.07, 6.45) is 0.337. The Bertz CT molecular complexity index is 760. The topological polar surface area (TPSA) is 56.7 Å². The zero-order chi connectivity index (χ0) is 18.9. The van der Waals surface area contributed by atoms with Crippen molar-refractivity contribution >= 4 is 29.2 Å². The number of halogens is 1. The number of anilines is 1. The highest BCUT2D eigenvalue weighted by Crippen LogP contribution is 2.22. The quantitative estimate of drug-likeness (QED) is 0.600. The van der Waals surface area contributed by atoms with E-state index in [-0.39, 0.29) is 5.91 Å². The van der Waals surface area contributed by atoms with Crippen LogP contribution < -0.4 is 10.6 Å². The van der Waals surface area contributed by atoms with Gasteiger partial charge >= 0.3 is 0 Å². The summed E-state index contributed by atoms with van der Waals surface area (Å²) in [6.45, 7) is 2.98. The first-order chi connectivity index (χ1) is 12.5. The third-order valence-corrected chi connectivity index (χ3v) is 4.26. The van der Waals surface area contributed by atoms with Crippen molar-refractivity contribution in [3.05, 3.63) is 64.7 Å². The fourth-order valence-electron chi connectivity index (χ4n) is 2.35. The molecule has 0 aliphatic heterocycles. The minimum Gasteiger partial charge on any atom is -0.356 e. The van der Waals surface area contributed by atoms with Crippen molar-refractivity contribution < 1.29 is 4.79 Å². The fourth-order valence-corrected chi connectivity index (χ4v) is 2.52. The number of amides is 1. The number of rotatable bonds is 6. The molecule has 0 spiro atoms. The second kappa shape index (κ2) is 9.82. The molecule has 0 fully saturated rings. The summed E-state index contributed by atoms with van der Waals surface area (Å²) in [7, 11) is 3.85. The van der Waals surface area contributed by atoms with Crippen LogP contribution in [0.25, 0.3) is 0 Å². The third-order valence-electron chi connectivity index (χ3n) is 3.85. The highest BCUT2D eigenvalue weighted by Gasteiger charge is 2.08. The monoisotopic (exact) mass is 372 g/mol. The van der Waals surface area contributed by atoms with E-state index in [0.29, 0.717) is 24.5 Å². The maximum absolute atomic E-state index is 12.2. The second-order valence-electron chi connectivity index (χ2n) is 6.16. The SMILES string of the molecule is Cc1c(Cl)cccc1NC(=O)CCNC(=NCc1ccccc1)N(C)C. The number of hydrogen-bond acceptors (Lipinski definition) is 2. The Hall–Kier alpha value is -2.53. The molecule has 6 heteroatoms. The van der Waals surface area contributed by atoms with E-state index in [1.54, 1.807) is 6.07 Å². The van der Waals surface area contributed by atoms with E-state index in [0.717, 1.165) is 22.8 Å². The Morgan fingerprint density at radius 3 is 2.54 bits per heavy atom. The van der Waals surface area contributed by atoms with Crippen LogP contribution >= 0.6 is 11.6 Å². The molecule has 0 radical (unpaired) electrons. The normalized spacial score (nSPS) is 11.2. The van der Waals surface area contributed by atoms with Crippen molar-refractivity contribution in [3.8, 4) is 0 Å². The van der Waals surface area contributed by atoms with Gasteiger partial charge in [-0.25, -0.2) is 4.99 Å². The summed E-state index contributed by atoms with van der Waals surface area (Å²) in [5, 5.41) is 6.76. The largest absolute Gasteiger partial charge is 0.356 e. The van der Waals surface area contributed by atoms with Gasteiger partial charge < -0.3 is 15.5 Å². The van der Waals surface area contributed by atoms with E-state index in [2.05, 4.69) is 15.6 Å². The molecule has 0 saturated heterocycles. The first-order valence-electron chi connectivity index (χ1n) is 8.52. The van der Waals surface area contributed by atoms with Crippen LogP contribution in [0, 0.1) is 6.92 Å². The van der Waals surface area contributed by atoms with Crippen molar-refractivity contribution in [1.82, 2.24) is 10.2 Å². The number of nitrogens with zero attached hydrogens (tertiary/aromatic N) is 2. The third kappa shape index (κ3) is 6.08. The van der Waals surface area contributed by atoms with Gasteiger partial charge in [-0.1, -0.05) is 48.0 Å². The predicted molar refractivity (Wildman–Crippen MR) is 109 cm³/mol. The van der Waals surface area contributed by atoms with Crippen molar-refractivity contribution in [2.75, 3.05) is 26.0 Å². The first kappa shape index (κ1) is 19.8. The number of guanidine groups is 1. The number of nitrogens with one attached hydrogen (secondary N) is 2. The molecular weight excluding hydrogens is 348 g/mol. The van der Waals surface area contributed by atoms with Crippen LogP contribution in [0.2, 0.25) is 5.02 Å². The van der Waals surface area contributed by atoms with Crippen LogP contribution in [0.1, 0.15) is 17.5 Å². The lowest BCUT2D eigenvalue weighted by atomic mass is 10.2.